The van der Waals surface area contributed by atoms with Gasteiger partial charge < -0.3 is 15.5 Å². The van der Waals surface area contributed by atoms with Crippen molar-refractivity contribution in [2.24, 2.45) is 5.92 Å². The molecular formula is C21H31N3O2S. The van der Waals surface area contributed by atoms with Crippen molar-refractivity contribution in [1.82, 2.24) is 10.2 Å². The Morgan fingerprint density at radius 1 is 1.07 bits per heavy atom. The molecule has 5 nitrogen and oxygen atoms in total. The van der Waals surface area contributed by atoms with E-state index in [0.717, 1.165) is 44.5 Å². The number of hydrogen-bond acceptors (Lipinski definition) is 3. The molecule has 0 saturated heterocycles. The number of nitrogens with zero attached hydrogens (tertiary/aromatic N) is 1. The van der Waals surface area contributed by atoms with Gasteiger partial charge in [0.25, 0.3) is 5.91 Å². The van der Waals surface area contributed by atoms with Gasteiger partial charge in [-0.1, -0.05) is 26.7 Å². The summed E-state index contributed by atoms with van der Waals surface area (Å²) in [5.74, 6) is 0.519. The van der Waals surface area contributed by atoms with Gasteiger partial charge in [0.05, 0.1) is 0 Å². The summed E-state index contributed by atoms with van der Waals surface area (Å²) in [7, 11) is 0. The summed E-state index contributed by atoms with van der Waals surface area (Å²) in [6.07, 6.45) is 7.14. The Bertz CT molecular complexity index is 633. The van der Waals surface area contributed by atoms with Gasteiger partial charge in [0.15, 0.2) is 5.11 Å². The van der Waals surface area contributed by atoms with Crippen LogP contribution in [-0.4, -0.2) is 34.9 Å². The van der Waals surface area contributed by atoms with Crippen molar-refractivity contribution in [1.29, 1.82) is 0 Å². The number of thiocarbonyl (C=S) groups is 1. The smallest absolute Gasteiger partial charge is 0.253 e. The van der Waals surface area contributed by atoms with Crippen LogP contribution < -0.4 is 10.6 Å². The van der Waals surface area contributed by atoms with Gasteiger partial charge in [-0.2, -0.15) is 0 Å². The predicted molar refractivity (Wildman–Crippen MR) is 114 cm³/mol. The maximum atomic E-state index is 12.6. The van der Waals surface area contributed by atoms with Crippen molar-refractivity contribution in [2.75, 3.05) is 18.4 Å². The minimum atomic E-state index is -0.0269. The second-order valence-electron chi connectivity index (χ2n) is 7.23. The van der Waals surface area contributed by atoms with E-state index in [-0.39, 0.29) is 11.8 Å². The molecule has 2 N–H and O–H groups in total. The Hall–Kier alpha value is -1.95. The lowest BCUT2D eigenvalue weighted by atomic mass is 10.0. The molecule has 1 fully saturated rings. The molecule has 0 radical (unpaired) electrons. The SMILES string of the molecule is CCCN(CCC)C(=O)c1ccc(NC(=S)NC(=O)CC2CCCC2)cc1. The van der Waals surface area contributed by atoms with E-state index in [9.17, 15) is 9.59 Å². The largest absolute Gasteiger partial charge is 0.339 e. The van der Waals surface area contributed by atoms with Gasteiger partial charge in [0, 0.05) is 30.8 Å². The summed E-state index contributed by atoms with van der Waals surface area (Å²) < 4.78 is 0. The molecule has 0 bridgehead atoms. The van der Waals surface area contributed by atoms with Crippen molar-refractivity contribution in [3.63, 3.8) is 0 Å². The Morgan fingerprint density at radius 2 is 1.67 bits per heavy atom. The third-order valence-corrected chi connectivity index (χ3v) is 5.07. The van der Waals surface area contributed by atoms with Crippen molar-refractivity contribution < 1.29 is 9.59 Å². The summed E-state index contributed by atoms with van der Waals surface area (Å²) in [6, 6.07) is 7.23. The highest BCUT2D eigenvalue weighted by Gasteiger charge is 2.19. The second-order valence-corrected chi connectivity index (χ2v) is 7.63. The third kappa shape index (κ3) is 6.94. The zero-order chi connectivity index (χ0) is 19.6. The molecule has 0 spiro atoms. The summed E-state index contributed by atoms with van der Waals surface area (Å²) >= 11 is 5.23. The highest BCUT2D eigenvalue weighted by molar-refractivity contribution is 7.80. The number of carbonyl (C=O) groups excluding carboxylic acids is 2. The van der Waals surface area contributed by atoms with Crippen molar-refractivity contribution in [2.45, 2.75) is 58.8 Å². The summed E-state index contributed by atoms with van der Waals surface area (Å²) in [4.78, 5) is 26.5. The Morgan fingerprint density at radius 3 is 2.22 bits per heavy atom. The molecule has 0 atom stereocenters. The molecule has 1 aliphatic rings. The van der Waals surface area contributed by atoms with Crippen LogP contribution in [0.15, 0.2) is 24.3 Å². The van der Waals surface area contributed by atoms with Gasteiger partial charge in [0.1, 0.15) is 0 Å². The van der Waals surface area contributed by atoms with Crippen LogP contribution in [0.4, 0.5) is 5.69 Å². The van der Waals surface area contributed by atoms with Gasteiger partial charge in [0.2, 0.25) is 5.91 Å². The van der Waals surface area contributed by atoms with Crippen molar-refractivity contribution in [3.05, 3.63) is 29.8 Å². The van der Waals surface area contributed by atoms with E-state index < -0.39 is 0 Å². The minimum Gasteiger partial charge on any atom is -0.339 e. The fourth-order valence-corrected chi connectivity index (χ4v) is 3.78. The second kappa shape index (κ2) is 11.0. The number of rotatable bonds is 8. The highest BCUT2D eigenvalue weighted by Crippen LogP contribution is 2.27. The highest BCUT2D eigenvalue weighted by atomic mass is 32.1. The van der Waals surface area contributed by atoms with Gasteiger partial charge in [-0.15, -0.1) is 0 Å². The van der Waals surface area contributed by atoms with Crippen molar-refractivity contribution in [3.8, 4) is 0 Å². The molecule has 2 amide bonds. The van der Waals surface area contributed by atoms with Crippen LogP contribution >= 0.6 is 12.2 Å². The Labute approximate surface area is 167 Å². The molecule has 0 aliphatic heterocycles. The van der Waals surface area contributed by atoms with E-state index in [1.54, 1.807) is 12.1 Å². The van der Waals surface area contributed by atoms with Gasteiger partial charge in [-0.05, 0) is 68.1 Å². The van der Waals surface area contributed by atoms with Crippen LogP contribution in [-0.2, 0) is 4.79 Å². The first-order valence-corrected chi connectivity index (χ1v) is 10.4. The van der Waals surface area contributed by atoms with Gasteiger partial charge >= 0.3 is 0 Å². The van der Waals surface area contributed by atoms with E-state index in [1.165, 1.54) is 12.8 Å². The molecule has 1 aliphatic carbocycles. The average Bonchev–Trinajstić information content (AvgIpc) is 3.14. The van der Waals surface area contributed by atoms with Crippen LogP contribution in [0.1, 0.15) is 69.2 Å². The Balaban J connectivity index is 1.85. The zero-order valence-corrected chi connectivity index (χ0v) is 17.2. The summed E-state index contributed by atoms with van der Waals surface area (Å²) in [5.41, 5.74) is 1.42. The Kier molecular flexibility index (Phi) is 8.72. The molecule has 2 rings (SSSR count). The fourth-order valence-electron chi connectivity index (χ4n) is 3.55. The molecule has 0 heterocycles. The molecule has 0 unspecified atom stereocenters. The monoisotopic (exact) mass is 389 g/mol. The molecule has 6 heteroatoms. The van der Waals surface area contributed by atoms with Crippen LogP contribution in [0.2, 0.25) is 0 Å². The first kappa shape index (κ1) is 21.4. The van der Waals surface area contributed by atoms with Gasteiger partial charge in [-0.3, -0.25) is 9.59 Å². The molecular weight excluding hydrogens is 358 g/mol. The summed E-state index contributed by atoms with van der Waals surface area (Å²) in [5, 5.41) is 6.07. The summed E-state index contributed by atoms with van der Waals surface area (Å²) in [6.45, 7) is 5.68. The number of amides is 2. The molecule has 27 heavy (non-hydrogen) atoms. The van der Waals surface area contributed by atoms with E-state index in [0.29, 0.717) is 23.0 Å². The quantitative estimate of drug-likeness (QED) is 0.649. The number of benzene rings is 1. The maximum Gasteiger partial charge on any atom is 0.253 e. The lowest BCUT2D eigenvalue weighted by Crippen LogP contribution is -2.35. The van der Waals surface area contributed by atoms with Crippen LogP contribution in [0.3, 0.4) is 0 Å². The first-order chi connectivity index (χ1) is 13.0. The lowest BCUT2D eigenvalue weighted by molar-refractivity contribution is -0.120. The number of carbonyl (C=O) groups is 2. The van der Waals surface area contributed by atoms with Crippen LogP contribution in [0.5, 0.6) is 0 Å². The van der Waals surface area contributed by atoms with E-state index in [4.69, 9.17) is 12.2 Å². The normalized spacial score (nSPS) is 14.0. The van der Waals surface area contributed by atoms with E-state index >= 15 is 0 Å². The minimum absolute atomic E-state index is 0.0269. The van der Waals surface area contributed by atoms with E-state index in [1.807, 2.05) is 17.0 Å². The van der Waals surface area contributed by atoms with Crippen LogP contribution in [0, 0.1) is 5.92 Å². The molecule has 0 aromatic heterocycles. The lowest BCUT2D eigenvalue weighted by Gasteiger charge is -2.21. The number of anilines is 1. The van der Waals surface area contributed by atoms with E-state index in [2.05, 4.69) is 24.5 Å². The molecule has 1 aromatic carbocycles. The average molecular weight is 390 g/mol. The maximum absolute atomic E-state index is 12.6. The molecule has 148 valence electrons. The number of hydrogen-bond donors (Lipinski definition) is 2. The first-order valence-electron chi connectivity index (χ1n) is 10.0. The standard InChI is InChI=1S/C21H31N3O2S/c1-3-13-24(14-4-2)20(26)17-9-11-18(12-10-17)22-21(27)23-19(25)15-16-7-5-6-8-16/h9-12,16H,3-8,13-15H2,1-2H3,(H2,22,23,25,27). The molecule has 1 aromatic rings. The number of nitrogens with one attached hydrogen (secondary N) is 2. The molecule has 1 saturated carbocycles. The predicted octanol–water partition coefficient (Wildman–Crippen LogP) is 4.34. The van der Waals surface area contributed by atoms with Gasteiger partial charge in [-0.25, -0.2) is 0 Å². The third-order valence-electron chi connectivity index (χ3n) is 4.87. The van der Waals surface area contributed by atoms with Crippen molar-refractivity contribution >= 4 is 34.8 Å². The van der Waals surface area contributed by atoms with Crippen LogP contribution in [0.25, 0.3) is 0 Å². The topological polar surface area (TPSA) is 61.4 Å². The zero-order valence-electron chi connectivity index (χ0n) is 16.4. The fraction of sp³-hybridized carbons (Fsp3) is 0.571.